The lowest BCUT2D eigenvalue weighted by atomic mass is 10.1. The summed E-state index contributed by atoms with van der Waals surface area (Å²) in [5, 5.41) is 7.24. The molecule has 156 valence electrons. The van der Waals surface area contributed by atoms with E-state index in [2.05, 4.69) is 10.4 Å². The number of nitrogens with zero attached hydrogens (tertiary/aromatic N) is 2. The topological polar surface area (TPSA) is 73.2 Å². The molecular formula is C23H24FN3O3. The van der Waals surface area contributed by atoms with Crippen LogP contribution in [0.5, 0.6) is 0 Å². The molecule has 1 amide bonds. The van der Waals surface area contributed by atoms with E-state index in [1.807, 2.05) is 19.9 Å². The lowest BCUT2D eigenvalue weighted by Crippen LogP contribution is -2.19. The van der Waals surface area contributed by atoms with Gasteiger partial charge in [-0.3, -0.25) is 4.79 Å². The third kappa shape index (κ3) is 4.74. The fraction of sp³-hybridized carbons (Fsp3) is 0.261. The van der Waals surface area contributed by atoms with Gasteiger partial charge in [-0.15, -0.1) is 0 Å². The Labute approximate surface area is 174 Å². The molecule has 2 aromatic carbocycles. The first-order chi connectivity index (χ1) is 14.4. The number of amides is 1. The number of benzene rings is 2. The SMILES string of the molecule is CCOC(=O)c1cc(-c2cccc(NC(=O)[C@@H](C)CC)c2)n(-c2cccc(F)c2)n1. The Hall–Kier alpha value is -3.48. The maximum Gasteiger partial charge on any atom is 0.358 e. The largest absolute Gasteiger partial charge is 0.461 e. The molecular weight excluding hydrogens is 385 g/mol. The van der Waals surface area contributed by atoms with Crippen molar-refractivity contribution >= 4 is 17.6 Å². The molecule has 3 rings (SSSR count). The zero-order valence-corrected chi connectivity index (χ0v) is 17.2. The smallest absolute Gasteiger partial charge is 0.358 e. The maximum atomic E-state index is 13.8. The minimum absolute atomic E-state index is 0.0690. The molecule has 0 unspecified atom stereocenters. The van der Waals surface area contributed by atoms with Gasteiger partial charge in [-0.25, -0.2) is 13.9 Å². The molecule has 0 spiro atoms. The molecule has 0 saturated carbocycles. The van der Waals surface area contributed by atoms with E-state index in [0.717, 1.165) is 6.42 Å². The number of nitrogens with one attached hydrogen (secondary N) is 1. The molecule has 1 heterocycles. The van der Waals surface area contributed by atoms with Crippen LogP contribution in [0.1, 0.15) is 37.7 Å². The number of anilines is 1. The standard InChI is InChI=1S/C23H24FN3O3/c1-4-15(3)22(28)25-18-10-6-8-16(12-18)21-14-20(23(29)30-5-2)26-27(21)19-11-7-9-17(24)13-19/h6-15H,4-5H2,1-3H3,(H,25,28)/t15-/m0/s1. The van der Waals surface area contributed by atoms with Crippen molar-refractivity contribution in [2.24, 2.45) is 5.92 Å². The number of aromatic nitrogens is 2. The highest BCUT2D eigenvalue weighted by molar-refractivity contribution is 5.93. The highest BCUT2D eigenvalue weighted by atomic mass is 19.1. The van der Waals surface area contributed by atoms with Gasteiger partial charge in [0.1, 0.15) is 5.82 Å². The van der Waals surface area contributed by atoms with Crippen LogP contribution in [0.15, 0.2) is 54.6 Å². The number of esters is 1. The Morgan fingerprint density at radius 1 is 1.13 bits per heavy atom. The van der Waals surface area contributed by atoms with Crippen molar-refractivity contribution < 1.29 is 18.7 Å². The van der Waals surface area contributed by atoms with Gasteiger partial charge in [0.05, 0.1) is 18.0 Å². The van der Waals surface area contributed by atoms with E-state index in [4.69, 9.17) is 4.74 Å². The van der Waals surface area contributed by atoms with Crippen molar-refractivity contribution in [3.63, 3.8) is 0 Å². The second-order valence-electron chi connectivity index (χ2n) is 6.91. The first kappa shape index (κ1) is 21.2. The Morgan fingerprint density at radius 3 is 2.60 bits per heavy atom. The van der Waals surface area contributed by atoms with Crippen molar-refractivity contribution in [3.05, 3.63) is 66.1 Å². The van der Waals surface area contributed by atoms with Crippen molar-refractivity contribution in [2.45, 2.75) is 27.2 Å². The average molecular weight is 409 g/mol. The zero-order chi connectivity index (χ0) is 21.7. The van der Waals surface area contributed by atoms with Crippen LogP contribution in [0.25, 0.3) is 16.9 Å². The minimum Gasteiger partial charge on any atom is -0.461 e. The van der Waals surface area contributed by atoms with Crippen molar-refractivity contribution in [3.8, 4) is 16.9 Å². The molecule has 0 fully saturated rings. The summed E-state index contributed by atoms with van der Waals surface area (Å²) in [5.41, 5.74) is 2.50. The van der Waals surface area contributed by atoms with Crippen LogP contribution in [0, 0.1) is 11.7 Å². The number of hydrogen-bond acceptors (Lipinski definition) is 4. The Kier molecular flexibility index (Phi) is 6.61. The van der Waals surface area contributed by atoms with Gasteiger partial charge in [0, 0.05) is 17.2 Å². The number of halogens is 1. The second-order valence-corrected chi connectivity index (χ2v) is 6.91. The molecule has 30 heavy (non-hydrogen) atoms. The number of carbonyl (C=O) groups is 2. The second kappa shape index (κ2) is 9.35. The molecule has 7 heteroatoms. The number of ether oxygens (including phenoxy) is 1. The number of rotatable bonds is 7. The Balaban J connectivity index is 2.05. The van der Waals surface area contributed by atoms with E-state index < -0.39 is 11.8 Å². The molecule has 0 aliphatic rings. The lowest BCUT2D eigenvalue weighted by Gasteiger charge is -2.12. The maximum absolute atomic E-state index is 13.8. The Bertz CT molecular complexity index is 1060. The van der Waals surface area contributed by atoms with Crippen LogP contribution in [0.3, 0.4) is 0 Å². The van der Waals surface area contributed by atoms with Crippen molar-refractivity contribution in [1.29, 1.82) is 0 Å². The Morgan fingerprint density at radius 2 is 1.90 bits per heavy atom. The fourth-order valence-electron chi connectivity index (χ4n) is 2.90. The summed E-state index contributed by atoms with van der Waals surface area (Å²) in [4.78, 5) is 24.5. The van der Waals surface area contributed by atoms with Crippen LogP contribution >= 0.6 is 0 Å². The summed E-state index contributed by atoms with van der Waals surface area (Å²) in [6, 6.07) is 14.8. The molecule has 6 nitrogen and oxygen atoms in total. The van der Waals surface area contributed by atoms with Gasteiger partial charge in [-0.05, 0) is 49.7 Å². The highest BCUT2D eigenvalue weighted by Gasteiger charge is 2.19. The van der Waals surface area contributed by atoms with E-state index in [1.165, 1.54) is 16.8 Å². The van der Waals surface area contributed by atoms with Crippen LogP contribution in [-0.4, -0.2) is 28.3 Å². The van der Waals surface area contributed by atoms with E-state index in [9.17, 15) is 14.0 Å². The highest BCUT2D eigenvalue weighted by Crippen LogP contribution is 2.27. The minimum atomic E-state index is -0.560. The summed E-state index contributed by atoms with van der Waals surface area (Å²) in [7, 11) is 0. The third-order valence-corrected chi connectivity index (χ3v) is 4.73. The van der Waals surface area contributed by atoms with Crippen molar-refractivity contribution in [1.82, 2.24) is 9.78 Å². The summed E-state index contributed by atoms with van der Waals surface area (Å²) < 4.78 is 20.4. The summed E-state index contributed by atoms with van der Waals surface area (Å²) in [6.45, 7) is 5.75. The molecule has 0 aliphatic heterocycles. The number of carbonyl (C=O) groups excluding carboxylic acids is 2. The van der Waals surface area contributed by atoms with Gasteiger partial charge in [0.25, 0.3) is 0 Å². The van der Waals surface area contributed by atoms with Crippen LogP contribution in [-0.2, 0) is 9.53 Å². The number of hydrogen-bond donors (Lipinski definition) is 1. The molecule has 1 atom stereocenters. The zero-order valence-electron chi connectivity index (χ0n) is 17.2. The predicted molar refractivity (Wildman–Crippen MR) is 113 cm³/mol. The van der Waals surface area contributed by atoms with Gasteiger partial charge in [-0.1, -0.05) is 32.0 Å². The first-order valence-electron chi connectivity index (χ1n) is 9.87. The normalized spacial score (nSPS) is 11.7. The van der Waals surface area contributed by atoms with E-state index in [1.54, 1.807) is 43.3 Å². The van der Waals surface area contributed by atoms with E-state index >= 15 is 0 Å². The van der Waals surface area contributed by atoms with Crippen molar-refractivity contribution in [2.75, 3.05) is 11.9 Å². The fourth-order valence-corrected chi connectivity index (χ4v) is 2.90. The van der Waals surface area contributed by atoms with Crippen LogP contribution in [0.2, 0.25) is 0 Å². The van der Waals surface area contributed by atoms with Crippen LogP contribution < -0.4 is 5.32 Å². The van der Waals surface area contributed by atoms with E-state index in [-0.39, 0.29) is 24.1 Å². The summed E-state index contributed by atoms with van der Waals surface area (Å²) in [6.07, 6.45) is 0.737. The molecule has 0 saturated heterocycles. The molecule has 0 bridgehead atoms. The monoisotopic (exact) mass is 409 g/mol. The third-order valence-electron chi connectivity index (χ3n) is 4.73. The van der Waals surface area contributed by atoms with Gasteiger partial charge < -0.3 is 10.1 Å². The lowest BCUT2D eigenvalue weighted by molar-refractivity contribution is -0.119. The summed E-state index contributed by atoms with van der Waals surface area (Å²) in [5.74, 6) is -1.15. The molecule has 1 N–H and O–H groups in total. The quantitative estimate of drug-likeness (QED) is 0.567. The molecule has 0 aliphatic carbocycles. The summed E-state index contributed by atoms with van der Waals surface area (Å²) >= 11 is 0. The average Bonchev–Trinajstić information content (AvgIpc) is 3.19. The van der Waals surface area contributed by atoms with Gasteiger partial charge in [0.2, 0.25) is 5.91 Å². The molecule has 0 radical (unpaired) electrons. The van der Waals surface area contributed by atoms with Crippen LogP contribution in [0.4, 0.5) is 10.1 Å². The molecule has 3 aromatic rings. The van der Waals surface area contributed by atoms with Gasteiger partial charge >= 0.3 is 5.97 Å². The first-order valence-corrected chi connectivity index (χ1v) is 9.87. The van der Waals surface area contributed by atoms with Gasteiger partial charge in [-0.2, -0.15) is 5.10 Å². The van der Waals surface area contributed by atoms with E-state index in [0.29, 0.717) is 22.6 Å². The molecule has 1 aromatic heterocycles. The predicted octanol–water partition coefficient (Wildman–Crippen LogP) is 4.84. The van der Waals surface area contributed by atoms with Gasteiger partial charge in [0.15, 0.2) is 5.69 Å².